The van der Waals surface area contributed by atoms with E-state index in [1.807, 2.05) is 0 Å². The Morgan fingerprint density at radius 2 is 1.55 bits per heavy atom. The first-order valence-corrected chi connectivity index (χ1v) is 8.96. The smallest absolute Gasteiger partial charge is 0.342 e. The third-order valence-corrected chi connectivity index (χ3v) is 4.61. The summed E-state index contributed by atoms with van der Waals surface area (Å²) in [6.45, 7) is 0.836. The summed E-state index contributed by atoms with van der Waals surface area (Å²) in [4.78, 5) is 11.7. The van der Waals surface area contributed by atoms with Crippen LogP contribution in [0, 0.1) is 5.82 Å². The minimum absolute atomic E-state index is 0.0227. The van der Waals surface area contributed by atoms with E-state index in [2.05, 4.69) is 5.32 Å². The molecule has 1 aliphatic rings. The molecule has 1 amide bonds. The van der Waals surface area contributed by atoms with Gasteiger partial charge in [-0.1, -0.05) is 12.1 Å². The van der Waals surface area contributed by atoms with Gasteiger partial charge in [0.25, 0.3) is 0 Å². The Hall–Kier alpha value is -2.66. The zero-order valence-electron chi connectivity index (χ0n) is 15.9. The van der Waals surface area contributed by atoms with Crippen LogP contribution < -0.4 is 5.32 Å². The summed E-state index contributed by atoms with van der Waals surface area (Å²) in [5, 5.41) is 2.56. The molecule has 0 aliphatic carbocycles. The van der Waals surface area contributed by atoms with Crippen molar-refractivity contribution in [1.29, 1.82) is 0 Å². The average Bonchev–Trinajstić information content (AvgIpc) is 2.68. The molecule has 11 heteroatoms. The number of rotatable bonds is 4. The van der Waals surface area contributed by atoms with Gasteiger partial charge in [-0.3, -0.25) is 4.79 Å². The van der Waals surface area contributed by atoms with Crippen LogP contribution in [0.15, 0.2) is 42.5 Å². The van der Waals surface area contributed by atoms with E-state index in [0.29, 0.717) is 17.7 Å². The summed E-state index contributed by atoms with van der Waals surface area (Å²) < 4.78 is 103. The number of ether oxygens (including phenoxy) is 2. The first-order valence-electron chi connectivity index (χ1n) is 8.96. The third-order valence-electron chi connectivity index (χ3n) is 4.61. The van der Waals surface area contributed by atoms with Crippen LogP contribution in [-0.2, 0) is 26.6 Å². The monoisotopic (exact) mass is 451 g/mol. The second kappa shape index (κ2) is 8.46. The molecule has 4 nitrogen and oxygen atoms in total. The Kier molecular flexibility index (Phi) is 6.28. The van der Waals surface area contributed by atoms with E-state index < -0.39 is 60.2 Å². The fourth-order valence-corrected chi connectivity index (χ4v) is 3.06. The molecule has 0 radical (unpaired) electrons. The van der Waals surface area contributed by atoms with Crippen molar-refractivity contribution in [3.8, 4) is 0 Å². The first-order chi connectivity index (χ1) is 14.3. The molecule has 0 saturated carbocycles. The van der Waals surface area contributed by atoms with E-state index in [9.17, 15) is 35.5 Å². The molecule has 0 unspecified atom stereocenters. The summed E-state index contributed by atoms with van der Waals surface area (Å²) in [5.41, 5.74) is -2.94. The highest BCUT2D eigenvalue weighted by Crippen LogP contribution is 2.38. The highest BCUT2D eigenvalue weighted by atomic mass is 19.4. The number of halogens is 7. The Morgan fingerprint density at radius 3 is 2.06 bits per heavy atom. The predicted octanol–water partition coefficient (Wildman–Crippen LogP) is 5.15. The first kappa shape index (κ1) is 23.0. The summed E-state index contributed by atoms with van der Waals surface area (Å²) in [6.07, 6.45) is -12.5. The third kappa shape index (κ3) is 5.53. The van der Waals surface area contributed by atoms with Gasteiger partial charge in [0.1, 0.15) is 18.5 Å². The minimum atomic E-state index is -5.00. The summed E-state index contributed by atoms with van der Waals surface area (Å²) in [5.74, 6) is -1.05. The standard InChI is InChI=1S/C20H16F7NO3/c1-10(12-6-13(19(22,23)24)8-14(7-12)20(25,26)27)31-18-17(28-16(29)9-30-18)11-2-4-15(21)5-3-11/h2-8,10,17-18H,9H2,1H3,(H,28,29)/t10-,17-,18-/m0/s1. The van der Waals surface area contributed by atoms with E-state index in [1.54, 1.807) is 0 Å². The number of morpholine rings is 1. The number of hydrogen-bond donors (Lipinski definition) is 1. The SMILES string of the molecule is C[C@H](O[C@@H]1OCC(=O)N[C@H]1c1ccc(F)cc1)c1cc(C(F)(F)F)cc(C(F)(F)F)c1. The summed E-state index contributed by atoms with van der Waals surface area (Å²) in [7, 11) is 0. The molecule has 1 aliphatic heterocycles. The van der Waals surface area contributed by atoms with E-state index in [4.69, 9.17) is 9.47 Å². The summed E-state index contributed by atoms with van der Waals surface area (Å²) in [6, 6.07) is 5.15. The van der Waals surface area contributed by atoms with Crippen molar-refractivity contribution in [2.24, 2.45) is 0 Å². The minimum Gasteiger partial charge on any atom is -0.342 e. The average molecular weight is 451 g/mol. The number of nitrogens with one attached hydrogen (secondary N) is 1. The van der Waals surface area contributed by atoms with Crippen molar-refractivity contribution in [2.75, 3.05) is 6.61 Å². The van der Waals surface area contributed by atoms with Crippen molar-refractivity contribution >= 4 is 5.91 Å². The number of alkyl halides is 6. The van der Waals surface area contributed by atoms with Gasteiger partial charge in [-0.2, -0.15) is 26.3 Å². The van der Waals surface area contributed by atoms with Crippen LogP contribution >= 0.6 is 0 Å². The van der Waals surface area contributed by atoms with E-state index in [-0.39, 0.29) is 11.6 Å². The predicted molar refractivity (Wildman–Crippen MR) is 93.0 cm³/mol. The Labute approximate surface area is 171 Å². The van der Waals surface area contributed by atoms with Gasteiger partial charge in [0, 0.05) is 0 Å². The van der Waals surface area contributed by atoms with Crippen molar-refractivity contribution in [1.82, 2.24) is 5.32 Å². The summed E-state index contributed by atoms with van der Waals surface area (Å²) >= 11 is 0. The van der Waals surface area contributed by atoms with Crippen LogP contribution in [-0.4, -0.2) is 18.8 Å². The fraction of sp³-hybridized carbons (Fsp3) is 0.350. The normalized spacial score (nSPS) is 21.0. The molecular formula is C20H16F7NO3. The molecule has 2 aromatic carbocycles. The molecular weight excluding hydrogens is 435 g/mol. The molecule has 2 aromatic rings. The van der Waals surface area contributed by atoms with Gasteiger partial charge >= 0.3 is 12.4 Å². The van der Waals surface area contributed by atoms with E-state index >= 15 is 0 Å². The van der Waals surface area contributed by atoms with Crippen LogP contribution in [0.25, 0.3) is 0 Å². The van der Waals surface area contributed by atoms with Crippen LogP contribution in [0.5, 0.6) is 0 Å². The van der Waals surface area contributed by atoms with Crippen LogP contribution in [0.2, 0.25) is 0 Å². The van der Waals surface area contributed by atoms with Crippen molar-refractivity contribution in [3.05, 3.63) is 70.5 Å². The van der Waals surface area contributed by atoms with Gasteiger partial charge in [0.2, 0.25) is 5.91 Å². The zero-order chi connectivity index (χ0) is 23.0. The fourth-order valence-electron chi connectivity index (χ4n) is 3.06. The molecule has 1 fully saturated rings. The van der Waals surface area contributed by atoms with Crippen molar-refractivity contribution in [2.45, 2.75) is 37.7 Å². The van der Waals surface area contributed by atoms with E-state index in [1.165, 1.54) is 19.1 Å². The topological polar surface area (TPSA) is 47.6 Å². The van der Waals surface area contributed by atoms with Crippen LogP contribution in [0.4, 0.5) is 30.7 Å². The maximum absolute atomic E-state index is 13.2. The maximum atomic E-state index is 13.2. The second-order valence-corrected chi connectivity index (χ2v) is 6.89. The van der Waals surface area contributed by atoms with Crippen LogP contribution in [0.3, 0.4) is 0 Å². The molecule has 3 atom stereocenters. The largest absolute Gasteiger partial charge is 0.416 e. The van der Waals surface area contributed by atoms with Crippen LogP contribution in [0.1, 0.15) is 41.3 Å². The van der Waals surface area contributed by atoms with Gasteiger partial charge in [-0.15, -0.1) is 0 Å². The number of carbonyl (C=O) groups is 1. The Morgan fingerprint density at radius 1 is 1.00 bits per heavy atom. The lowest BCUT2D eigenvalue weighted by molar-refractivity contribution is -0.204. The molecule has 3 rings (SSSR count). The number of amides is 1. The zero-order valence-corrected chi connectivity index (χ0v) is 15.9. The number of hydrogen-bond acceptors (Lipinski definition) is 3. The maximum Gasteiger partial charge on any atom is 0.416 e. The van der Waals surface area contributed by atoms with Gasteiger partial charge in [-0.05, 0) is 48.4 Å². The van der Waals surface area contributed by atoms with Gasteiger partial charge < -0.3 is 14.8 Å². The van der Waals surface area contributed by atoms with Gasteiger partial charge in [0.05, 0.1) is 17.2 Å². The molecule has 1 N–H and O–H groups in total. The van der Waals surface area contributed by atoms with E-state index in [0.717, 1.165) is 12.1 Å². The van der Waals surface area contributed by atoms with Crippen molar-refractivity contribution in [3.63, 3.8) is 0 Å². The highest BCUT2D eigenvalue weighted by Gasteiger charge is 2.38. The Balaban J connectivity index is 1.90. The van der Waals surface area contributed by atoms with Gasteiger partial charge in [-0.25, -0.2) is 4.39 Å². The van der Waals surface area contributed by atoms with Gasteiger partial charge in [0.15, 0.2) is 6.29 Å². The molecule has 0 bridgehead atoms. The lowest BCUT2D eigenvalue weighted by atomic mass is 10.0. The molecule has 0 spiro atoms. The molecule has 31 heavy (non-hydrogen) atoms. The molecule has 1 saturated heterocycles. The molecule has 0 aromatic heterocycles. The lowest BCUT2D eigenvalue weighted by Crippen LogP contribution is -2.47. The molecule has 168 valence electrons. The number of carbonyl (C=O) groups excluding carboxylic acids is 1. The molecule has 1 heterocycles. The second-order valence-electron chi connectivity index (χ2n) is 6.89. The highest BCUT2D eigenvalue weighted by molar-refractivity contribution is 5.78. The number of benzene rings is 2. The lowest BCUT2D eigenvalue weighted by Gasteiger charge is -2.34. The Bertz CT molecular complexity index is 909. The quantitative estimate of drug-likeness (QED) is 0.654. The van der Waals surface area contributed by atoms with Crippen molar-refractivity contribution < 1.29 is 45.0 Å².